The summed E-state index contributed by atoms with van der Waals surface area (Å²) in [6, 6.07) is 16.3. The first-order valence-corrected chi connectivity index (χ1v) is 13.5. The van der Waals surface area contributed by atoms with Crippen LogP contribution < -0.4 is 15.4 Å². The third-order valence-electron chi connectivity index (χ3n) is 5.96. The van der Waals surface area contributed by atoms with Gasteiger partial charge in [0.15, 0.2) is 9.84 Å². The van der Waals surface area contributed by atoms with Gasteiger partial charge in [0.05, 0.1) is 22.3 Å². The molecule has 1 aliphatic heterocycles. The van der Waals surface area contributed by atoms with Gasteiger partial charge in [0.2, 0.25) is 5.91 Å². The lowest BCUT2D eigenvalue weighted by Gasteiger charge is -2.22. The Kier molecular flexibility index (Phi) is 8.00. The summed E-state index contributed by atoms with van der Waals surface area (Å²) in [4.78, 5) is 29.9. The van der Waals surface area contributed by atoms with Crippen LogP contribution in [-0.2, 0) is 14.6 Å². The van der Waals surface area contributed by atoms with Gasteiger partial charge in [-0.15, -0.1) is 0 Å². The van der Waals surface area contributed by atoms with Gasteiger partial charge in [-0.3, -0.25) is 14.6 Å². The molecule has 2 amide bonds. The Hall–Kier alpha value is -3.72. The van der Waals surface area contributed by atoms with Crippen molar-refractivity contribution in [1.29, 1.82) is 0 Å². The highest BCUT2D eigenvalue weighted by molar-refractivity contribution is 7.91. The zero-order valence-electron chi connectivity index (χ0n) is 20.0. The highest BCUT2D eigenvalue weighted by atomic mass is 32.2. The number of benzene rings is 2. The number of rotatable bonds is 2. The summed E-state index contributed by atoms with van der Waals surface area (Å²) in [7, 11) is -3.58. The zero-order valence-corrected chi connectivity index (χ0v) is 20.8. The van der Waals surface area contributed by atoms with Crippen molar-refractivity contribution < 1.29 is 22.7 Å². The van der Waals surface area contributed by atoms with Gasteiger partial charge >= 0.3 is 0 Å². The molecular formula is C27H29N3O5S. The minimum absolute atomic E-state index is 0.0680. The molecular weight excluding hydrogens is 478 g/mol. The van der Waals surface area contributed by atoms with Gasteiger partial charge in [0.25, 0.3) is 5.91 Å². The topological polar surface area (TPSA) is 114 Å². The minimum Gasteiger partial charge on any atom is -0.491 e. The fraction of sp³-hybridized carbons (Fsp3) is 0.296. The van der Waals surface area contributed by atoms with Crippen molar-refractivity contribution in [3.63, 3.8) is 0 Å². The number of hydrogen-bond acceptors (Lipinski definition) is 6. The maximum Gasteiger partial charge on any atom is 0.253 e. The van der Waals surface area contributed by atoms with Gasteiger partial charge in [0, 0.05) is 18.0 Å². The van der Waals surface area contributed by atoms with E-state index in [9.17, 15) is 18.0 Å². The second kappa shape index (κ2) is 11.3. The Bertz CT molecular complexity index is 1330. The summed E-state index contributed by atoms with van der Waals surface area (Å²) in [6.45, 7) is 2.03. The molecule has 0 radical (unpaired) electrons. The van der Waals surface area contributed by atoms with Crippen LogP contribution in [-0.4, -0.2) is 49.7 Å². The van der Waals surface area contributed by atoms with Crippen molar-refractivity contribution >= 4 is 21.7 Å². The molecule has 2 N–H and O–H groups in total. The first-order chi connectivity index (χ1) is 17.3. The van der Waals surface area contributed by atoms with E-state index >= 15 is 0 Å². The number of amides is 2. The lowest BCUT2D eigenvalue weighted by atomic mass is 10.1. The smallest absolute Gasteiger partial charge is 0.253 e. The van der Waals surface area contributed by atoms with E-state index in [4.69, 9.17) is 4.74 Å². The summed E-state index contributed by atoms with van der Waals surface area (Å²) < 4.78 is 32.4. The SMILES string of the molecule is C[C@@H]1COc2cccc(c2)-c2ccccc2S(=O)(=O)CCCC[C@H](NC(=O)c2cccnc2)C(=O)N1. The number of carbonyl (C=O) groups is 2. The van der Waals surface area contributed by atoms with Gasteiger partial charge in [-0.05, 0) is 62.1 Å². The van der Waals surface area contributed by atoms with Crippen LogP contribution in [0.2, 0.25) is 0 Å². The predicted octanol–water partition coefficient (Wildman–Crippen LogP) is 3.39. The number of nitrogens with zero attached hydrogens (tertiary/aromatic N) is 1. The summed E-state index contributed by atoms with van der Waals surface area (Å²) >= 11 is 0. The number of carbonyl (C=O) groups excluding carboxylic acids is 2. The molecule has 0 unspecified atom stereocenters. The highest BCUT2D eigenvalue weighted by Gasteiger charge is 2.25. The molecule has 8 nitrogen and oxygen atoms in total. The van der Waals surface area contributed by atoms with Gasteiger partial charge < -0.3 is 15.4 Å². The van der Waals surface area contributed by atoms with E-state index < -0.39 is 21.8 Å². The van der Waals surface area contributed by atoms with E-state index in [-0.39, 0.29) is 29.2 Å². The fourth-order valence-corrected chi connectivity index (χ4v) is 5.70. The van der Waals surface area contributed by atoms with Gasteiger partial charge in [-0.1, -0.05) is 30.3 Å². The van der Waals surface area contributed by atoms with E-state index in [1.165, 1.54) is 6.20 Å². The second-order valence-electron chi connectivity index (χ2n) is 8.83. The Morgan fingerprint density at radius 2 is 1.92 bits per heavy atom. The number of pyridine rings is 1. The summed E-state index contributed by atoms with van der Waals surface area (Å²) in [6.07, 6.45) is 4.07. The summed E-state index contributed by atoms with van der Waals surface area (Å²) in [5.74, 6) is -0.270. The van der Waals surface area contributed by atoms with Crippen LogP contribution in [0.1, 0.15) is 36.5 Å². The average Bonchev–Trinajstić information content (AvgIpc) is 2.89. The fourth-order valence-electron chi connectivity index (χ4n) is 4.09. The van der Waals surface area contributed by atoms with Crippen molar-refractivity contribution in [2.24, 2.45) is 0 Å². The summed E-state index contributed by atoms with van der Waals surface area (Å²) in [5, 5.41) is 5.66. The molecule has 2 heterocycles. The molecule has 0 spiro atoms. The molecule has 2 atom stereocenters. The van der Waals surface area contributed by atoms with Crippen molar-refractivity contribution in [3.05, 3.63) is 78.6 Å². The van der Waals surface area contributed by atoms with E-state index in [2.05, 4.69) is 15.6 Å². The Morgan fingerprint density at radius 1 is 1.08 bits per heavy atom. The maximum absolute atomic E-state index is 13.2. The normalized spacial score (nSPS) is 20.3. The third-order valence-corrected chi connectivity index (χ3v) is 7.81. The standard InChI is InChI=1S/C27H29N3O5S/c1-19-18-35-22-10-6-8-20(16-22)23-11-2-3-13-25(23)36(33,34)15-5-4-12-24(27(32)29-19)30-26(31)21-9-7-14-28-17-21/h2-3,6-11,13-14,16-17,19,24H,4-5,12,15,18H2,1H3,(H,29,32)(H,30,31)/t19-,24+/m1/s1. The Balaban J connectivity index is 1.60. The molecule has 1 aliphatic rings. The molecule has 1 aromatic heterocycles. The van der Waals surface area contributed by atoms with Crippen LogP contribution in [0, 0.1) is 0 Å². The number of hydrogen-bond donors (Lipinski definition) is 2. The van der Waals surface area contributed by atoms with Crippen molar-refractivity contribution in [2.75, 3.05) is 12.4 Å². The summed E-state index contributed by atoms with van der Waals surface area (Å²) in [5.41, 5.74) is 1.71. The first kappa shape index (κ1) is 25.4. The lowest BCUT2D eigenvalue weighted by Crippen LogP contribution is -2.50. The quantitative estimate of drug-likeness (QED) is 0.550. The third kappa shape index (κ3) is 6.28. The highest BCUT2D eigenvalue weighted by Crippen LogP contribution is 2.31. The van der Waals surface area contributed by atoms with E-state index in [1.807, 2.05) is 25.1 Å². The Labute approximate surface area is 211 Å². The van der Waals surface area contributed by atoms with Gasteiger partial charge in [-0.2, -0.15) is 0 Å². The minimum atomic E-state index is -3.58. The number of ether oxygens (including phenoxy) is 1. The molecule has 2 aromatic carbocycles. The molecule has 9 heteroatoms. The average molecular weight is 508 g/mol. The van der Waals surface area contributed by atoms with Crippen LogP contribution in [0.5, 0.6) is 5.75 Å². The molecule has 0 saturated heterocycles. The van der Waals surface area contributed by atoms with E-state index in [0.717, 1.165) is 5.56 Å². The molecule has 0 aliphatic carbocycles. The predicted molar refractivity (Wildman–Crippen MR) is 136 cm³/mol. The van der Waals surface area contributed by atoms with Crippen LogP contribution in [0.4, 0.5) is 0 Å². The van der Waals surface area contributed by atoms with Crippen molar-refractivity contribution in [3.8, 4) is 16.9 Å². The second-order valence-corrected chi connectivity index (χ2v) is 10.9. The van der Waals surface area contributed by atoms with Crippen LogP contribution in [0.3, 0.4) is 0 Å². The molecule has 4 rings (SSSR count). The largest absolute Gasteiger partial charge is 0.491 e. The number of aromatic nitrogens is 1. The molecule has 36 heavy (non-hydrogen) atoms. The van der Waals surface area contributed by atoms with E-state index in [0.29, 0.717) is 36.1 Å². The Morgan fingerprint density at radius 3 is 2.72 bits per heavy atom. The van der Waals surface area contributed by atoms with Crippen LogP contribution in [0.25, 0.3) is 11.1 Å². The maximum atomic E-state index is 13.2. The molecule has 3 aromatic rings. The van der Waals surface area contributed by atoms with E-state index in [1.54, 1.807) is 48.7 Å². The van der Waals surface area contributed by atoms with Gasteiger partial charge in [-0.25, -0.2) is 8.42 Å². The lowest BCUT2D eigenvalue weighted by molar-refractivity contribution is -0.124. The number of nitrogens with one attached hydrogen (secondary N) is 2. The zero-order chi connectivity index (χ0) is 25.5. The van der Waals surface area contributed by atoms with Crippen molar-refractivity contribution in [1.82, 2.24) is 15.6 Å². The number of sulfone groups is 1. The molecule has 0 saturated carbocycles. The number of fused-ring (bicyclic) bond motifs is 4. The van der Waals surface area contributed by atoms with Gasteiger partial charge in [0.1, 0.15) is 18.4 Å². The first-order valence-electron chi connectivity index (χ1n) is 11.9. The molecule has 188 valence electrons. The molecule has 0 fully saturated rings. The van der Waals surface area contributed by atoms with Crippen LogP contribution in [0.15, 0.2) is 78.0 Å². The monoisotopic (exact) mass is 507 g/mol. The van der Waals surface area contributed by atoms with Crippen LogP contribution >= 0.6 is 0 Å². The molecule has 2 bridgehead atoms. The van der Waals surface area contributed by atoms with Crippen molar-refractivity contribution in [2.45, 2.75) is 43.2 Å².